The molecule has 0 amide bonds. The minimum Gasteiger partial charge on any atom is -0.379 e. The Hall–Kier alpha value is -0.0831. The maximum absolute atomic E-state index is 5.96. The molecule has 1 fully saturated rings. The number of rotatable bonds is 3. The van der Waals surface area contributed by atoms with E-state index in [-0.39, 0.29) is 5.22 Å². The topological polar surface area (TPSA) is 9.23 Å². The lowest BCUT2D eigenvalue weighted by Crippen LogP contribution is -2.46. The maximum atomic E-state index is 5.96. The van der Waals surface area contributed by atoms with E-state index in [2.05, 4.69) is 19.7 Å². The van der Waals surface area contributed by atoms with Crippen molar-refractivity contribution in [3.8, 4) is 0 Å². The lowest BCUT2D eigenvalue weighted by Gasteiger charge is -2.39. The average Bonchev–Trinajstić information content (AvgIpc) is 2.06. The van der Waals surface area contributed by atoms with Crippen molar-refractivity contribution in [2.45, 2.75) is 44.0 Å². The smallest absolute Gasteiger partial charge is 0.0699 e. The summed E-state index contributed by atoms with van der Waals surface area (Å²) < 4.78 is 5.96. The van der Waals surface area contributed by atoms with Crippen molar-refractivity contribution in [2.75, 3.05) is 6.61 Å². The Balaban J connectivity index is 2.62. The van der Waals surface area contributed by atoms with Crippen LogP contribution in [0.15, 0.2) is 12.7 Å². The lowest BCUT2D eigenvalue weighted by atomic mass is 10.1. The first kappa shape index (κ1) is 10.0. The van der Waals surface area contributed by atoms with Crippen LogP contribution in [-0.2, 0) is 4.74 Å². The molecule has 1 rings (SSSR count). The fourth-order valence-electron chi connectivity index (χ4n) is 1.97. The van der Waals surface area contributed by atoms with E-state index in [0.29, 0.717) is 0 Å². The van der Waals surface area contributed by atoms with Crippen molar-refractivity contribution in [1.82, 2.24) is 0 Å². The van der Waals surface area contributed by atoms with Crippen LogP contribution in [-0.4, -0.2) is 20.6 Å². The average molecular weight is 184 g/mol. The predicted octanol–water partition coefficient (Wildman–Crippen LogP) is 2.53. The van der Waals surface area contributed by atoms with Crippen LogP contribution >= 0.6 is 0 Å². The highest BCUT2D eigenvalue weighted by Crippen LogP contribution is 2.31. The van der Waals surface area contributed by atoms with Crippen LogP contribution in [0.25, 0.3) is 0 Å². The molecule has 1 unspecified atom stereocenters. The van der Waals surface area contributed by atoms with E-state index in [0.717, 1.165) is 13.0 Å². The highest BCUT2D eigenvalue weighted by molar-refractivity contribution is 6.59. The van der Waals surface area contributed by atoms with Gasteiger partial charge in [-0.3, -0.25) is 0 Å². The summed E-state index contributed by atoms with van der Waals surface area (Å²) in [7, 11) is -0.699. The summed E-state index contributed by atoms with van der Waals surface area (Å²) in [5, 5.41) is 0.250. The minimum absolute atomic E-state index is 0.250. The number of ether oxygens (including phenoxy) is 1. The van der Waals surface area contributed by atoms with Crippen molar-refractivity contribution < 1.29 is 4.74 Å². The quantitative estimate of drug-likeness (QED) is 0.484. The molecule has 0 spiro atoms. The molecule has 0 radical (unpaired) electrons. The van der Waals surface area contributed by atoms with Gasteiger partial charge < -0.3 is 4.74 Å². The molecule has 0 aromatic heterocycles. The molecule has 0 N–H and O–H groups in total. The van der Waals surface area contributed by atoms with Gasteiger partial charge in [-0.15, -0.1) is 6.58 Å². The second-order valence-corrected chi connectivity index (χ2v) is 7.38. The van der Waals surface area contributed by atoms with Gasteiger partial charge in [0.2, 0.25) is 0 Å². The van der Waals surface area contributed by atoms with Gasteiger partial charge in [-0.2, -0.15) is 0 Å². The zero-order chi connectivity index (χ0) is 9.03. The van der Waals surface area contributed by atoms with Gasteiger partial charge in [0.15, 0.2) is 0 Å². The first-order valence-electron chi connectivity index (χ1n) is 4.96. The molecule has 1 aliphatic heterocycles. The van der Waals surface area contributed by atoms with Crippen LogP contribution in [0, 0.1) is 0 Å². The molecular weight excluding hydrogens is 164 g/mol. The summed E-state index contributed by atoms with van der Waals surface area (Å²) in [6.45, 7) is 9.56. The second kappa shape index (κ2) is 4.24. The normalized spacial score (nSPS) is 30.6. The fraction of sp³-hybridized carbons (Fsp3) is 0.800. The lowest BCUT2D eigenvalue weighted by molar-refractivity contribution is -0.0203. The van der Waals surface area contributed by atoms with Crippen molar-refractivity contribution in [1.29, 1.82) is 0 Å². The third-order valence-electron chi connectivity index (χ3n) is 2.93. The molecular formula is C10H20OSi. The Morgan fingerprint density at radius 1 is 1.50 bits per heavy atom. The van der Waals surface area contributed by atoms with Crippen LogP contribution in [0.3, 0.4) is 0 Å². The van der Waals surface area contributed by atoms with Gasteiger partial charge in [0.05, 0.1) is 14.0 Å². The van der Waals surface area contributed by atoms with Gasteiger partial charge >= 0.3 is 0 Å². The molecule has 1 aliphatic rings. The van der Waals surface area contributed by atoms with Gasteiger partial charge in [-0.05, 0) is 25.7 Å². The Labute approximate surface area is 77.4 Å². The van der Waals surface area contributed by atoms with Crippen molar-refractivity contribution in [2.24, 2.45) is 0 Å². The third-order valence-corrected chi connectivity index (χ3v) is 5.72. The van der Waals surface area contributed by atoms with Gasteiger partial charge in [0, 0.05) is 6.61 Å². The molecule has 0 aliphatic carbocycles. The highest BCUT2D eigenvalue weighted by atomic mass is 28.3. The first-order valence-corrected chi connectivity index (χ1v) is 7.85. The molecule has 0 aromatic rings. The number of hydrogen-bond acceptors (Lipinski definition) is 1. The van der Waals surface area contributed by atoms with Crippen molar-refractivity contribution in [3.63, 3.8) is 0 Å². The molecule has 1 heterocycles. The van der Waals surface area contributed by atoms with Gasteiger partial charge in [-0.1, -0.05) is 19.2 Å². The molecule has 0 bridgehead atoms. The zero-order valence-corrected chi connectivity index (χ0v) is 9.46. The standard InChI is InChI=1S/C10H20OSi/c1-4-7-10(12(2)3)8-5-6-9-11-10/h4,12H,1,5-9H2,2-3H3. The van der Waals surface area contributed by atoms with Crippen LogP contribution < -0.4 is 0 Å². The Kier molecular flexibility index (Phi) is 3.53. The van der Waals surface area contributed by atoms with E-state index in [1.54, 1.807) is 0 Å². The van der Waals surface area contributed by atoms with Crippen LogP contribution in [0.5, 0.6) is 0 Å². The second-order valence-electron chi connectivity index (χ2n) is 4.02. The summed E-state index contributed by atoms with van der Waals surface area (Å²) in [5.41, 5.74) is 0. The van der Waals surface area contributed by atoms with Gasteiger partial charge in [-0.25, -0.2) is 0 Å². The zero-order valence-electron chi connectivity index (χ0n) is 8.31. The summed E-state index contributed by atoms with van der Waals surface area (Å²) in [5.74, 6) is 0. The molecule has 1 saturated heterocycles. The Bertz CT molecular complexity index is 148. The van der Waals surface area contributed by atoms with E-state index in [4.69, 9.17) is 4.74 Å². The molecule has 2 heteroatoms. The Morgan fingerprint density at radius 2 is 2.25 bits per heavy atom. The van der Waals surface area contributed by atoms with Crippen molar-refractivity contribution in [3.05, 3.63) is 12.7 Å². The highest BCUT2D eigenvalue weighted by Gasteiger charge is 2.35. The van der Waals surface area contributed by atoms with Gasteiger partial charge in [0.1, 0.15) is 0 Å². The maximum Gasteiger partial charge on any atom is 0.0699 e. The Morgan fingerprint density at radius 3 is 2.67 bits per heavy atom. The third kappa shape index (κ3) is 1.99. The molecule has 1 nitrogen and oxygen atoms in total. The first-order chi connectivity index (χ1) is 5.71. The van der Waals surface area contributed by atoms with E-state index < -0.39 is 8.80 Å². The molecule has 1 atom stereocenters. The minimum atomic E-state index is -0.699. The molecule has 12 heavy (non-hydrogen) atoms. The fourth-order valence-corrected chi connectivity index (χ4v) is 3.84. The van der Waals surface area contributed by atoms with E-state index in [9.17, 15) is 0 Å². The largest absolute Gasteiger partial charge is 0.379 e. The summed E-state index contributed by atoms with van der Waals surface area (Å²) in [6, 6.07) is 0. The number of hydrogen-bond donors (Lipinski definition) is 0. The van der Waals surface area contributed by atoms with E-state index >= 15 is 0 Å². The predicted molar refractivity (Wildman–Crippen MR) is 56.2 cm³/mol. The van der Waals surface area contributed by atoms with E-state index in [1.807, 2.05) is 6.08 Å². The van der Waals surface area contributed by atoms with E-state index in [1.165, 1.54) is 19.3 Å². The SMILES string of the molecule is C=CCC1([SiH](C)C)CCCCO1. The van der Waals surface area contributed by atoms with Crippen LogP contribution in [0.2, 0.25) is 13.1 Å². The van der Waals surface area contributed by atoms with Crippen molar-refractivity contribution >= 4 is 8.80 Å². The monoisotopic (exact) mass is 184 g/mol. The summed E-state index contributed by atoms with van der Waals surface area (Å²) >= 11 is 0. The molecule has 70 valence electrons. The van der Waals surface area contributed by atoms with Crippen LogP contribution in [0.4, 0.5) is 0 Å². The molecule has 0 aromatic carbocycles. The summed E-state index contributed by atoms with van der Waals surface area (Å²) in [6.07, 6.45) is 6.96. The van der Waals surface area contributed by atoms with Crippen LogP contribution in [0.1, 0.15) is 25.7 Å². The molecule has 0 saturated carbocycles. The van der Waals surface area contributed by atoms with Gasteiger partial charge in [0.25, 0.3) is 0 Å². The summed E-state index contributed by atoms with van der Waals surface area (Å²) in [4.78, 5) is 0.